The van der Waals surface area contributed by atoms with E-state index in [9.17, 15) is 5.26 Å². The number of hydrogen-bond donors (Lipinski definition) is 1. The topological polar surface area (TPSA) is 39.1 Å². The Morgan fingerprint density at radius 3 is 2.56 bits per heavy atom. The van der Waals surface area contributed by atoms with Gasteiger partial charge in [-0.1, -0.05) is 36.4 Å². The molecule has 1 spiro atoms. The van der Waals surface area contributed by atoms with Crippen LogP contribution in [0.15, 0.2) is 48.5 Å². The SMILES string of the molecule is Cc1c(C#N)cccc1N1CNC2(CCC(c3ccccc3)CC2)C1. The second kappa shape index (κ2) is 6.54. The van der Waals surface area contributed by atoms with Crippen LogP contribution < -0.4 is 10.2 Å². The van der Waals surface area contributed by atoms with Crippen molar-refractivity contribution in [2.24, 2.45) is 0 Å². The quantitative estimate of drug-likeness (QED) is 0.890. The summed E-state index contributed by atoms with van der Waals surface area (Å²) in [6, 6.07) is 19.3. The highest BCUT2D eigenvalue weighted by Gasteiger charge is 2.41. The van der Waals surface area contributed by atoms with Crippen molar-refractivity contribution in [3.8, 4) is 6.07 Å². The van der Waals surface area contributed by atoms with E-state index in [2.05, 4.69) is 59.6 Å². The summed E-state index contributed by atoms with van der Waals surface area (Å²) >= 11 is 0. The van der Waals surface area contributed by atoms with Crippen molar-refractivity contribution in [1.29, 1.82) is 5.26 Å². The summed E-state index contributed by atoms with van der Waals surface area (Å²) in [5, 5.41) is 13.1. The molecule has 0 amide bonds. The number of hydrogen-bond acceptors (Lipinski definition) is 3. The summed E-state index contributed by atoms with van der Waals surface area (Å²) in [4.78, 5) is 2.42. The average molecular weight is 331 g/mol. The second-order valence-electron chi connectivity index (χ2n) is 7.56. The lowest BCUT2D eigenvalue weighted by Gasteiger charge is -2.37. The molecule has 0 radical (unpaired) electrons. The van der Waals surface area contributed by atoms with Gasteiger partial charge in [-0.3, -0.25) is 5.32 Å². The third kappa shape index (κ3) is 3.03. The molecule has 25 heavy (non-hydrogen) atoms. The molecule has 0 unspecified atom stereocenters. The van der Waals surface area contributed by atoms with Crippen molar-refractivity contribution in [3.63, 3.8) is 0 Å². The first-order valence-electron chi connectivity index (χ1n) is 9.25. The molecule has 0 aromatic heterocycles. The Kier molecular flexibility index (Phi) is 4.23. The number of nitriles is 1. The molecule has 3 nitrogen and oxygen atoms in total. The third-order valence-corrected chi connectivity index (χ3v) is 6.12. The normalized spacial score (nSPS) is 25.9. The van der Waals surface area contributed by atoms with E-state index in [1.165, 1.54) is 36.9 Å². The van der Waals surface area contributed by atoms with Gasteiger partial charge in [0.1, 0.15) is 0 Å². The zero-order chi connectivity index (χ0) is 17.3. The number of anilines is 1. The largest absolute Gasteiger partial charge is 0.357 e. The summed E-state index contributed by atoms with van der Waals surface area (Å²) in [6.07, 6.45) is 4.95. The molecular weight excluding hydrogens is 306 g/mol. The Bertz CT molecular complexity index is 783. The Hall–Kier alpha value is -2.31. The first-order valence-corrected chi connectivity index (χ1v) is 9.25. The molecule has 2 aromatic rings. The zero-order valence-corrected chi connectivity index (χ0v) is 14.8. The Morgan fingerprint density at radius 2 is 1.84 bits per heavy atom. The number of rotatable bonds is 2. The smallest absolute Gasteiger partial charge is 0.0995 e. The zero-order valence-electron chi connectivity index (χ0n) is 14.8. The van der Waals surface area contributed by atoms with Crippen LogP contribution in [0.4, 0.5) is 5.69 Å². The minimum absolute atomic E-state index is 0.236. The van der Waals surface area contributed by atoms with Crippen molar-refractivity contribution >= 4 is 5.69 Å². The molecule has 4 rings (SSSR count). The van der Waals surface area contributed by atoms with Crippen molar-refractivity contribution in [2.45, 2.75) is 44.1 Å². The summed E-state index contributed by atoms with van der Waals surface area (Å²) in [7, 11) is 0. The summed E-state index contributed by atoms with van der Waals surface area (Å²) in [5.41, 5.74) is 4.81. The predicted octanol–water partition coefficient (Wildman–Crippen LogP) is 4.33. The van der Waals surface area contributed by atoms with Gasteiger partial charge in [-0.05, 0) is 61.8 Å². The van der Waals surface area contributed by atoms with Crippen LogP contribution in [-0.4, -0.2) is 18.8 Å². The molecule has 2 aromatic carbocycles. The van der Waals surface area contributed by atoms with Crippen LogP contribution in [0.2, 0.25) is 0 Å². The van der Waals surface area contributed by atoms with Crippen LogP contribution in [0.3, 0.4) is 0 Å². The molecule has 1 N–H and O–H groups in total. The monoisotopic (exact) mass is 331 g/mol. The molecule has 1 saturated carbocycles. The molecule has 0 atom stereocenters. The Morgan fingerprint density at radius 1 is 1.08 bits per heavy atom. The minimum Gasteiger partial charge on any atom is -0.357 e. The van der Waals surface area contributed by atoms with Crippen LogP contribution in [0.5, 0.6) is 0 Å². The molecule has 2 fully saturated rings. The summed E-state index contributed by atoms with van der Waals surface area (Å²) in [5.74, 6) is 0.700. The molecule has 1 saturated heterocycles. The highest BCUT2D eigenvalue weighted by molar-refractivity contribution is 5.60. The first-order chi connectivity index (χ1) is 12.2. The van der Waals surface area contributed by atoms with Crippen molar-refractivity contribution in [3.05, 3.63) is 65.2 Å². The molecule has 2 aliphatic rings. The lowest BCUT2D eigenvalue weighted by Crippen LogP contribution is -2.45. The molecule has 1 heterocycles. The minimum atomic E-state index is 0.236. The number of nitrogens with one attached hydrogen (secondary N) is 1. The molecule has 3 heteroatoms. The van der Waals surface area contributed by atoms with Gasteiger partial charge in [0.2, 0.25) is 0 Å². The standard InChI is InChI=1S/C22H25N3/c1-17-20(14-23)8-5-9-21(17)25-15-22(24-16-25)12-10-19(11-13-22)18-6-3-2-4-7-18/h2-9,19,24H,10-13,15-16H2,1H3. The predicted molar refractivity (Wildman–Crippen MR) is 102 cm³/mol. The van der Waals surface area contributed by atoms with Gasteiger partial charge in [-0.2, -0.15) is 5.26 Å². The molecule has 1 aliphatic heterocycles. The first kappa shape index (κ1) is 16.2. The third-order valence-electron chi connectivity index (χ3n) is 6.12. The van der Waals surface area contributed by atoms with Crippen LogP contribution in [0, 0.1) is 18.3 Å². The van der Waals surface area contributed by atoms with E-state index < -0.39 is 0 Å². The van der Waals surface area contributed by atoms with Crippen molar-refractivity contribution in [1.82, 2.24) is 5.32 Å². The van der Waals surface area contributed by atoms with Gasteiger partial charge in [0.25, 0.3) is 0 Å². The van der Waals surface area contributed by atoms with E-state index in [1.807, 2.05) is 12.1 Å². The molecule has 128 valence electrons. The van der Waals surface area contributed by atoms with E-state index in [0.29, 0.717) is 5.92 Å². The summed E-state index contributed by atoms with van der Waals surface area (Å²) < 4.78 is 0. The van der Waals surface area contributed by atoms with E-state index in [4.69, 9.17) is 0 Å². The fourth-order valence-corrected chi connectivity index (χ4v) is 4.56. The lowest BCUT2D eigenvalue weighted by molar-refractivity contribution is 0.259. The van der Waals surface area contributed by atoms with E-state index in [-0.39, 0.29) is 5.54 Å². The summed E-state index contributed by atoms with van der Waals surface area (Å²) in [6.45, 7) is 3.99. The van der Waals surface area contributed by atoms with Crippen LogP contribution in [0.1, 0.15) is 48.3 Å². The molecule has 1 aliphatic carbocycles. The molecular formula is C22H25N3. The maximum atomic E-state index is 9.28. The number of benzene rings is 2. The fraction of sp³-hybridized carbons (Fsp3) is 0.409. The van der Waals surface area contributed by atoms with E-state index >= 15 is 0 Å². The van der Waals surface area contributed by atoms with Gasteiger partial charge in [0, 0.05) is 17.8 Å². The fourth-order valence-electron chi connectivity index (χ4n) is 4.56. The molecule has 0 bridgehead atoms. The van der Waals surface area contributed by atoms with Crippen LogP contribution in [0.25, 0.3) is 0 Å². The van der Waals surface area contributed by atoms with Crippen molar-refractivity contribution < 1.29 is 0 Å². The van der Waals surface area contributed by atoms with Gasteiger partial charge < -0.3 is 4.90 Å². The maximum absolute atomic E-state index is 9.28. The lowest BCUT2D eigenvalue weighted by atomic mass is 9.74. The Balaban J connectivity index is 1.46. The number of nitrogens with zero attached hydrogens (tertiary/aromatic N) is 2. The van der Waals surface area contributed by atoms with E-state index in [0.717, 1.165) is 24.3 Å². The van der Waals surface area contributed by atoms with Gasteiger partial charge in [0.05, 0.1) is 18.3 Å². The highest BCUT2D eigenvalue weighted by Crippen LogP contribution is 2.41. The van der Waals surface area contributed by atoms with E-state index in [1.54, 1.807) is 0 Å². The average Bonchev–Trinajstić information content (AvgIpc) is 3.07. The maximum Gasteiger partial charge on any atom is 0.0995 e. The Labute approximate surface area is 150 Å². The van der Waals surface area contributed by atoms with Crippen LogP contribution in [-0.2, 0) is 0 Å². The van der Waals surface area contributed by atoms with Gasteiger partial charge in [-0.25, -0.2) is 0 Å². The van der Waals surface area contributed by atoms with Gasteiger partial charge >= 0.3 is 0 Å². The van der Waals surface area contributed by atoms with Gasteiger partial charge in [-0.15, -0.1) is 0 Å². The van der Waals surface area contributed by atoms with Gasteiger partial charge in [0.15, 0.2) is 0 Å². The van der Waals surface area contributed by atoms with Crippen LogP contribution >= 0.6 is 0 Å². The van der Waals surface area contributed by atoms with Crippen molar-refractivity contribution in [2.75, 3.05) is 18.1 Å². The highest BCUT2D eigenvalue weighted by atomic mass is 15.3. The second-order valence-corrected chi connectivity index (χ2v) is 7.56.